The van der Waals surface area contributed by atoms with Gasteiger partial charge in [-0.05, 0) is 17.0 Å². The summed E-state index contributed by atoms with van der Waals surface area (Å²) in [5, 5.41) is 12.4. The number of hydrogen-bond acceptors (Lipinski definition) is 4. The molecule has 0 spiro atoms. The van der Waals surface area contributed by atoms with E-state index in [-0.39, 0.29) is 6.10 Å². The van der Waals surface area contributed by atoms with Gasteiger partial charge in [-0.25, -0.2) is 0 Å². The highest BCUT2D eigenvalue weighted by Gasteiger charge is 2.24. The first-order chi connectivity index (χ1) is 9.83. The average molecular weight is 289 g/mol. The zero-order valence-corrected chi connectivity index (χ0v) is 12.1. The summed E-state index contributed by atoms with van der Waals surface area (Å²) < 4.78 is 5.83. The first-order valence-electron chi connectivity index (χ1n) is 6.93. The molecule has 0 amide bonds. The summed E-state index contributed by atoms with van der Waals surface area (Å²) >= 11 is 1.73. The number of hydrogen-bond donors (Lipinski definition) is 1. The van der Waals surface area contributed by atoms with Gasteiger partial charge in [-0.3, -0.25) is 4.90 Å². The van der Waals surface area contributed by atoms with Crippen LogP contribution in [0.25, 0.3) is 0 Å². The molecule has 0 bridgehead atoms. The largest absolute Gasteiger partial charge is 0.387 e. The van der Waals surface area contributed by atoms with E-state index in [4.69, 9.17) is 4.74 Å². The molecule has 106 valence electrons. The lowest BCUT2D eigenvalue weighted by atomic mass is 10.1. The van der Waals surface area contributed by atoms with E-state index in [1.54, 1.807) is 11.3 Å². The molecule has 2 atom stereocenters. The second-order valence-corrected chi connectivity index (χ2v) is 6.04. The van der Waals surface area contributed by atoms with Gasteiger partial charge < -0.3 is 9.84 Å². The Kier molecular flexibility index (Phi) is 4.47. The molecule has 3 nitrogen and oxygen atoms in total. The van der Waals surface area contributed by atoms with Crippen LogP contribution in [-0.2, 0) is 4.74 Å². The number of ether oxygens (including phenoxy) is 1. The first kappa shape index (κ1) is 13.8. The van der Waals surface area contributed by atoms with Gasteiger partial charge in [0.1, 0.15) is 6.10 Å². The van der Waals surface area contributed by atoms with Crippen LogP contribution in [0.1, 0.15) is 22.6 Å². The van der Waals surface area contributed by atoms with Gasteiger partial charge in [0.15, 0.2) is 0 Å². The fourth-order valence-corrected chi connectivity index (χ4v) is 3.31. The highest BCUT2D eigenvalue weighted by atomic mass is 32.1. The van der Waals surface area contributed by atoms with Crippen LogP contribution in [-0.4, -0.2) is 36.2 Å². The topological polar surface area (TPSA) is 32.7 Å². The Labute approximate surface area is 123 Å². The lowest BCUT2D eigenvalue weighted by molar-refractivity contribution is -0.0408. The fourth-order valence-electron chi connectivity index (χ4n) is 2.54. The van der Waals surface area contributed by atoms with Crippen molar-refractivity contribution in [2.45, 2.75) is 12.2 Å². The molecule has 1 aliphatic heterocycles. The molecule has 1 aromatic heterocycles. The highest BCUT2D eigenvalue weighted by Crippen LogP contribution is 2.27. The Morgan fingerprint density at radius 2 is 2.10 bits per heavy atom. The van der Waals surface area contributed by atoms with Crippen molar-refractivity contribution >= 4 is 11.3 Å². The summed E-state index contributed by atoms with van der Waals surface area (Å²) in [4.78, 5) is 3.55. The molecule has 1 aromatic carbocycles. The summed E-state index contributed by atoms with van der Waals surface area (Å²) in [7, 11) is 0. The minimum absolute atomic E-state index is 0.145. The second kappa shape index (κ2) is 6.50. The molecule has 20 heavy (non-hydrogen) atoms. The molecule has 1 fully saturated rings. The van der Waals surface area contributed by atoms with Crippen LogP contribution < -0.4 is 0 Å². The van der Waals surface area contributed by atoms with Gasteiger partial charge in [0.05, 0.1) is 12.7 Å². The third-order valence-corrected chi connectivity index (χ3v) is 4.59. The predicted octanol–water partition coefficient (Wildman–Crippen LogP) is 2.86. The summed E-state index contributed by atoms with van der Waals surface area (Å²) in [6.07, 6.45) is -0.287. The van der Waals surface area contributed by atoms with E-state index in [2.05, 4.69) is 22.4 Å². The Bertz CT molecular complexity index is 515. The molecule has 2 aromatic rings. The van der Waals surface area contributed by atoms with E-state index in [1.165, 1.54) is 4.88 Å². The van der Waals surface area contributed by atoms with E-state index in [1.807, 2.05) is 30.3 Å². The number of thiophene rings is 1. The second-order valence-electron chi connectivity index (χ2n) is 5.06. The van der Waals surface area contributed by atoms with E-state index in [0.29, 0.717) is 6.54 Å². The van der Waals surface area contributed by atoms with Crippen LogP contribution in [0, 0.1) is 0 Å². The average Bonchev–Trinajstić information content (AvgIpc) is 3.03. The quantitative estimate of drug-likeness (QED) is 0.939. The van der Waals surface area contributed by atoms with Gasteiger partial charge >= 0.3 is 0 Å². The van der Waals surface area contributed by atoms with Crippen molar-refractivity contribution in [3.63, 3.8) is 0 Å². The summed E-state index contributed by atoms with van der Waals surface area (Å²) in [5.74, 6) is 0. The number of benzene rings is 1. The van der Waals surface area contributed by atoms with Crippen LogP contribution in [0.15, 0.2) is 47.8 Å². The summed E-state index contributed by atoms with van der Waals surface area (Å²) in [6.45, 7) is 3.12. The zero-order chi connectivity index (χ0) is 13.8. The van der Waals surface area contributed by atoms with Crippen LogP contribution >= 0.6 is 11.3 Å². The van der Waals surface area contributed by atoms with Gasteiger partial charge in [0.25, 0.3) is 0 Å². The summed E-state index contributed by atoms with van der Waals surface area (Å²) in [6, 6.07) is 14.0. The van der Waals surface area contributed by atoms with Crippen molar-refractivity contribution in [2.24, 2.45) is 0 Å². The smallest absolute Gasteiger partial charge is 0.104 e. The highest BCUT2D eigenvalue weighted by molar-refractivity contribution is 7.10. The number of rotatable bonds is 4. The molecular formula is C16H19NO2S. The standard InChI is InChI=1S/C16H19NO2S/c18-14(13-5-2-1-3-6-13)11-17-8-9-19-15(12-17)16-7-4-10-20-16/h1-7,10,14-15,18H,8-9,11-12H2. The van der Waals surface area contributed by atoms with Crippen LogP contribution in [0.2, 0.25) is 0 Å². The van der Waals surface area contributed by atoms with Gasteiger partial charge in [0.2, 0.25) is 0 Å². The summed E-state index contributed by atoms with van der Waals surface area (Å²) in [5.41, 5.74) is 0.978. The van der Waals surface area contributed by atoms with Crippen molar-refractivity contribution in [3.8, 4) is 0 Å². The SMILES string of the molecule is OC(CN1CCOC(c2cccs2)C1)c1ccccc1. The van der Waals surface area contributed by atoms with Gasteiger partial charge in [0, 0.05) is 24.5 Å². The normalized spacial score (nSPS) is 21.8. The van der Waals surface area contributed by atoms with Crippen molar-refractivity contribution in [2.75, 3.05) is 26.2 Å². The fraction of sp³-hybridized carbons (Fsp3) is 0.375. The van der Waals surface area contributed by atoms with Gasteiger partial charge in [-0.15, -0.1) is 11.3 Å². The van der Waals surface area contributed by atoms with Crippen molar-refractivity contribution < 1.29 is 9.84 Å². The molecular weight excluding hydrogens is 270 g/mol. The molecule has 0 aliphatic carbocycles. The van der Waals surface area contributed by atoms with Crippen molar-refractivity contribution in [3.05, 3.63) is 58.3 Å². The van der Waals surface area contributed by atoms with E-state index < -0.39 is 6.10 Å². The Hall–Kier alpha value is -1.20. The molecule has 1 aliphatic rings. The third-order valence-electron chi connectivity index (χ3n) is 3.63. The molecule has 2 heterocycles. The molecule has 1 N–H and O–H groups in total. The van der Waals surface area contributed by atoms with Crippen molar-refractivity contribution in [1.29, 1.82) is 0 Å². The zero-order valence-electron chi connectivity index (χ0n) is 11.3. The number of nitrogens with zero attached hydrogens (tertiary/aromatic N) is 1. The van der Waals surface area contributed by atoms with Crippen LogP contribution in [0.4, 0.5) is 0 Å². The number of β-amino-alcohol motifs (C(OH)–C–C–N with tert-alkyl or cyclic N) is 1. The van der Waals surface area contributed by atoms with Crippen LogP contribution in [0.5, 0.6) is 0 Å². The Balaban J connectivity index is 1.60. The maximum Gasteiger partial charge on any atom is 0.104 e. The maximum atomic E-state index is 10.3. The monoisotopic (exact) mass is 289 g/mol. The van der Waals surface area contributed by atoms with Gasteiger partial charge in [-0.2, -0.15) is 0 Å². The molecule has 0 saturated carbocycles. The Morgan fingerprint density at radius 1 is 1.25 bits per heavy atom. The lowest BCUT2D eigenvalue weighted by Gasteiger charge is -2.33. The lowest BCUT2D eigenvalue weighted by Crippen LogP contribution is -2.40. The third kappa shape index (κ3) is 3.27. The predicted molar refractivity (Wildman–Crippen MR) is 80.9 cm³/mol. The number of aliphatic hydroxyl groups excluding tert-OH is 1. The van der Waals surface area contributed by atoms with Crippen molar-refractivity contribution in [1.82, 2.24) is 4.90 Å². The minimum atomic E-state index is -0.432. The maximum absolute atomic E-state index is 10.3. The Morgan fingerprint density at radius 3 is 2.85 bits per heavy atom. The molecule has 4 heteroatoms. The number of morpholine rings is 1. The molecule has 3 rings (SSSR count). The number of aliphatic hydroxyl groups is 1. The van der Waals surface area contributed by atoms with E-state index in [9.17, 15) is 5.11 Å². The van der Waals surface area contributed by atoms with E-state index >= 15 is 0 Å². The molecule has 0 radical (unpaired) electrons. The van der Waals surface area contributed by atoms with Crippen LogP contribution in [0.3, 0.4) is 0 Å². The van der Waals surface area contributed by atoms with E-state index in [0.717, 1.165) is 25.3 Å². The van der Waals surface area contributed by atoms with Gasteiger partial charge in [-0.1, -0.05) is 36.4 Å². The molecule has 2 unspecified atom stereocenters. The molecule has 1 saturated heterocycles. The minimum Gasteiger partial charge on any atom is -0.387 e. The first-order valence-corrected chi connectivity index (χ1v) is 7.81.